The molecule has 0 saturated carbocycles. The summed E-state index contributed by atoms with van der Waals surface area (Å²) in [7, 11) is 0. The highest BCUT2D eigenvalue weighted by Gasteiger charge is 2.03. The minimum absolute atomic E-state index is 0.682. The number of hydrogen-bond donors (Lipinski definition) is 0. The molecule has 0 unspecified atom stereocenters. The molecule has 0 atom stereocenters. The van der Waals surface area contributed by atoms with Crippen molar-refractivity contribution >= 4 is 12.6 Å². The third-order valence-electron chi connectivity index (χ3n) is 4.86. The molecule has 0 aliphatic heterocycles. The van der Waals surface area contributed by atoms with Gasteiger partial charge in [-0.2, -0.15) is 0 Å². The first-order valence-corrected chi connectivity index (χ1v) is 9.08. The van der Waals surface area contributed by atoms with Crippen LogP contribution < -0.4 is 0 Å². The van der Waals surface area contributed by atoms with Crippen LogP contribution in [0, 0.1) is 0 Å². The van der Waals surface area contributed by atoms with E-state index in [-0.39, 0.29) is 0 Å². The first-order valence-electron chi connectivity index (χ1n) is 9.08. The Kier molecular flexibility index (Phi) is 4.94. The Labute approximate surface area is 164 Å². The van der Waals surface area contributed by atoms with E-state index >= 15 is 0 Å². The average molecular weight is 362 g/mol. The van der Waals surface area contributed by atoms with Crippen molar-refractivity contribution in [3.63, 3.8) is 0 Å². The molecule has 0 radical (unpaired) electrons. The maximum absolute atomic E-state index is 10.8. The normalized spacial score (nSPS) is 10.4. The van der Waals surface area contributed by atoms with Gasteiger partial charge in [0, 0.05) is 11.1 Å². The summed E-state index contributed by atoms with van der Waals surface area (Å²) in [5.41, 5.74) is 8.08. The maximum atomic E-state index is 10.8. The largest absolute Gasteiger partial charge is 0.298 e. The lowest BCUT2D eigenvalue weighted by Gasteiger charge is -2.07. The fraction of sp³-hybridized carbons (Fsp3) is 0. The van der Waals surface area contributed by atoms with E-state index in [1.165, 1.54) is 0 Å². The summed E-state index contributed by atoms with van der Waals surface area (Å²) in [6.07, 6.45) is 1.71. The van der Waals surface area contributed by atoms with Crippen molar-refractivity contribution in [2.75, 3.05) is 0 Å². The van der Waals surface area contributed by atoms with Crippen LogP contribution in [0.5, 0.6) is 0 Å². The molecule has 2 heteroatoms. The second kappa shape index (κ2) is 7.85. The molecule has 4 aromatic rings. The van der Waals surface area contributed by atoms with Gasteiger partial charge in [-0.3, -0.25) is 9.59 Å². The van der Waals surface area contributed by atoms with Gasteiger partial charge in [0.05, 0.1) is 0 Å². The van der Waals surface area contributed by atoms with Gasteiger partial charge in [-0.05, 0) is 33.4 Å². The van der Waals surface area contributed by atoms with E-state index in [4.69, 9.17) is 0 Å². The minimum Gasteiger partial charge on any atom is -0.298 e. The molecular formula is C26H18O2. The zero-order valence-electron chi connectivity index (χ0n) is 15.2. The predicted molar refractivity (Wildman–Crippen MR) is 114 cm³/mol. The molecule has 0 heterocycles. The van der Waals surface area contributed by atoms with Gasteiger partial charge in [-0.25, -0.2) is 0 Å². The first-order chi connectivity index (χ1) is 13.8. The summed E-state index contributed by atoms with van der Waals surface area (Å²) in [4.78, 5) is 21.6. The molecular weight excluding hydrogens is 344 g/mol. The van der Waals surface area contributed by atoms with Crippen molar-refractivity contribution in [1.82, 2.24) is 0 Å². The van der Waals surface area contributed by atoms with Gasteiger partial charge in [-0.15, -0.1) is 0 Å². The van der Waals surface area contributed by atoms with Crippen LogP contribution in [0.3, 0.4) is 0 Å². The predicted octanol–water partition coefficient (Wildman–Crippen LogP) is 6.31. The average Bonchev–Trinajstić information content (AvgIpc) is 2.79. The second-order valence-corrected chi connectivity index (χ2v) is 6.63. The SMILES string of the molecule is O=Cc1ccc(-c2ccc(-c3ccc(-c4ccc(C=O)cc4)cc3)cc2)cc1. The fourth-order valence-electron chi connectivity index (χ4n) is 3.22. The lowest BCUT2D eigenvalue weighted by atomic mass is 9.97. The molecule has 4 rings (SSSR count). The standard InChI is InChI=1S/C26H18O2/c27-17-19-1-5-21(6-2-19)23-9-13-25(14-10-23)26-15-11-24(12-16-26)22-7-3-20(18-28)4-8-22/h1-18H. The van der Waals surface area contributed by atoms with Gasteiger partial charge < -0.3 is 0 Å². The van der Waals surface area contributed by atoms with Crippen molar-refractivity contribution in [2.45, 2.75) is 0 Å². The van der Waals surface area contributed by atoms with E-state index in [1.54, 1.807) is 0 Å². The zero-order valence-corrected chi connectivity index (χ0v) is 15.2. The van der Waals surface area contributed by atoms with Gasteiger partial charge in [0.25, 0.3) is 0 Å². The molecule has 0 aromatic heterocycles. The number of carbonyl (C=O) groups is 2. The fourth-order valence-corrected chi connectivity index (χ4v) is 3.22. The summed E-state index contributed by atoms with van der Waals surface area (Å²) < 4.78 is 0. The second-order valence-electron chi connectivity index (χ2n) is 6.63. The molecule has 0 N–H and O–H groups in total. The van der Waals surface area contributed by atoms with Gasteiger partial charge in [-0.1, -0.05) is 97.1 Å². The van der Waals surface area contributed by atoms with Gasteiger partial charge in [0.1, 0.15) is 12.6 Å². The van der Waals surface area contributed by atoms with Crippen molar-refractivity contribution in [3.8, 4) is 33.4 Å². The molecule has 134 valence electrons. The summed E-state index contributed by atoms with van der Waals surface area (Å²) >= 11 is 0. The van der Waals surface area contributed by atoms with E-state index < -0.39 is 0 Å². The molecule has 0 saturated heterocycles. The van der Waals surface area contributed by atoms with E-state index in [0.29, 0.717) is 11.1 Å². The third-order valence-corrected chi connectivity index (χ3v) is 4.86. The maximum Gasteiger partial charge on any atom is 0.150 e. The van der Waals surface area contributed by atoms with Crippen LogP contribution in [-0.4, -0.2) is 12.6 Å². The van der Waals surface area contributed by atoms with Crippen LogP contribution in [-0.2, 0) is 0 Å². The van der Waals surface area contributed by atoms with E-state index in [0.717, 1.165) is 46.0 Å². The Morgan fingerprint density at radius 2 is 0.500 bits per heavy atom. The molecule has 0 aliphatic carbocycles. The van der Waals surface area contributed by atoms with Crippen molar-refractivity contribution in [3.05, 3.63) is 108 Å². The molecule has 0 amide bonds. The topological polar surface area (TPSA) is 34.1 Å². The van der Waals surface area contributed by atoms with Crippen LogP contribution in [0.1, 0.15) is 20.7 Å². The summed E-state index contributed by atoms with van der Waals surface area (Å²) in [6, 6.07) is 32.0. The Bertz CT molecular complexity index is 996. The number of carbonyl (C=O) groups excluding carboxylic acids is 2. The lowest BCUT2D eigenvalue weighted by molar-refractivity contribution is 0.111. The molecule has 2 nitrogen and oxygen atoms in total. The smallest absolute Gasteiger partial charge is 0.150 e. The molecule has 0 spiro atoms. The Hall–Kier alpha value is -3.78. The van der Waals surface area contributed by atoms with Crippen molar-refractivity contribution < 1.29 is 9.59 Å². The van der Waals surface area contributed by atoms with Gasteiger partial charge in [0.2, 0.25) is 0 Å². The van der Waals surface area contributed by atoms with Crippen LogP contribution in [0.15, 0.2) is 97.1 Å². The Morgan fingerprint density at radius 3 is 0.679 bits per heavy atom. The summed E-state index contributed by atoms with van der Waals surface area (Å²) in [6.45, 7) is 0. The van der Waals surface area contributed by atoms with E-state index in [1.807, 2.05) is 48.5 Å². The van der Waals surface area contributed by atoms with Crippen LogP contribution >= 0.6 is 0 Å². The number of rotatable bonds is 5. The minimum atomic E-state index is 0.682. The number of hydrogen-bond acceptors (Lipinski definition) is 2. The van der Waals surface area contributed by atoms with Crippen LogP contribution in [0.4, 0.5) is 0 Å². The molecule has 0 aliphatic rings. The molecule has 4 aromatic carbocycles. The lowest BCUT2D eigenvalue weighted by Crippen LogP contribution is -1.84. The monoisotopic (exact) mass is 362 g/mol. The highest BCUT2D eigenvalue weighted by molar-refractivity contribution is 5.79. The first kappa shape index (κ1) is 17.6. The molecule has 28 heavy (non-hydrogen) atoms. The van der Waals surface area contributed by atoms with E-state index in [9.17, 15) is 9.59 Å². The Morgan fingerprint density at radius 1 is 0.321 bits per heavy atom. The third kappa shape index (κ3) is 3.67. The number of benzene rings is 4. The highest BCUT2D eigenvalue weighted by Crippen LogP contribution is 2.27. The number of aldehydes is 2. The van der Waals surface area contributed by atoms with Crippen molar-refractivity contribution in [2.24, 2.45) is 0 Å². The highest BCUT2D eigenvalue weighted by atomic mass is 16.1. The van der Waals surface area contributed by atoms with Crippen molar-refractivity contribution in [1.29, 1.82) is 0 Å². The van der Waals surface area contributed by atoms with Crippen LogP contribution in [0.25, 0.3) is 33.4 Å². The van der Waals surface area contributed by atoms with Gasteiger partial charge in [0.15, 0.2) is 0 Å². The van der Waals surface area contributed by atoms with Gasteiger partial charge >= 0.3 is 0 Å². The van der Waals surface area contributed by atoms with E-state index in [2.05, 4.69) is 48.5 Å². The summed E-state index contributed by atoms with van der Waals surface area (Å²) in [5.74, 6) is 0. The Balaban J connectivity index is 1.55. The molecule has 0 bridgehead atoms. The zero-order chi connectivity index (χ0) is 19.3. The quantitative estimate of drug-likeness (QED) is 0.390. The summed E-state index contributed by atoms with van der Waals surface area (Å²) in [5, 5.41) is 0. The molecule has 0 fully saturated rings. The van der Waals surface area contributed by atoms with Crippen LogP contribution in [0.2, 0.25) is 0 Å².